The van der Waals surface area contributed by atoms with Crippen LogP contribution in [0.15, 0.2) is 36.7 Å². The van der Waals surface area contributed by atoms with E-state index >= 15 is 0 Å². The number of aromatic nitrogens is 2. The second-order valence-corrected chi connectivity index (χ2v) is 5.18. The van der Waals surface area contributed by atoms with E-state index in [0.717, 1.165) is 25.1 Å². The van der Waals surface area contributed by atoms with Gasteiger partial charge in [0.2, 0.25) is 11.6 Å². The van der Waals surface area contributed by atoms with Gasteiger partial charge in [-0.05, 0) is 25.0 Å². The molecule has 2 N–H and O–H groups in total. The zero-order valence-electron chi connectivity index (χ0n) is 12.4. The molecule has 1 atom stereocenters. The van der Waals surface area contributed by atoms with Gasteiger partial charge in [0.25, 0.3) is 0 Å². The molecule has 2 heterocycles. The molecule has 1 fully saturated rings. The monoisotopic (exact) mass is 315 g/mol. The van der Waals surface area contributed by atoms with Crippen molar-refractivity contribution in [2.75, 3.05) is 23.8 Å². The number of anilines is 3. The fourth-order valence-electron chi connectivity index (χ4n) is 2.45. The van der Waals surface area contributed by atoms with Crippen LogP contribution in [0.3, 0.4) is 0 Å². The molecular weight excluding hydrogens is 298 g/mol. The van der Waals surface area contributed by atoms with Crippen LogP contribution < -0.4 is 10.6 Å². The molecule has 2 aromatic rings. The summed E-state index contributed by atoms with van der Waals surface area (Å²) in [4.78, 5) is 19.0. The summed E-state index contributed by atoms with van der Waals surface area (Å²) in [5.74, 6) is 0.352. The first-order valence-corrected chi connectivity index (χ1v) is 7.41. The van der Waals surface area contributed by atoms with Gasteiger partial charge in [0, 0.05) is 18.8 Å². The van der Waals surface area contributed by atoms with E-state index in [-0.39, 0.29) is 23.4 Å². The fourth-order valence-corrected chi connectivity index (χ4v) is 2.45. The van der Waals surface area contributed by atoms with E-state index in [1.807, 2.05) is 30.3 Å². The Hall–Kier alpha value is -2.74. The average Bonchev–Trinajstić information content (AvgIpc) is 3.07. The highest BCUT2D eigenvalue weighted by atomic mass is 16.6. The van der Waals surface area contributed by atoms with Crippen molar-refractivity contribution in [3.05, 3.63) is 46.8 Å². The molecule has 8 heteroatoms. The predicted octanol–water partition coefficient (Wildman–Crippen LogP) is 2.72. The summed E-state index contributed by atoms with van der Waals surface area (Å²) in [6.45, 7) is 1.22. The van der Waals surface area contributed by atoms with Gasteiger partial charge in [0.05, 0.1) is 11.0 Å². The Morgan fingerprint density at radius 2 is 2.04 bits per heavy atom. The van der Waals surface area contributed by atoms with Gasteiger partial charge in [-0.2, -0.15) is 0 Å². The third-order valence-corrected chi connectivity index (χ3v) is 3.56. The van der Waals surface area contributed by atoms with Gasteiger partial charge < -0.3 is 15.4 Å². The lowest BCUT2D eigenvalue weighted by Crippen LogP contribution is -2.20. The topological polar surface area (TPSA) is 102 Å². The minimum atomic E-state index is -0.483. The number of benzene rings is 1. The van der Waals surface area contributed by atoms with Crippen LogP contribution in [0.4, 0.5) is 23.0 Å². The van der Waals surface area contributed by atoms with Gasteiger partial charge in [-0.15, -0.1) is 0 Å². The van der Waals surface area contributed by atoms with E-state index in [1.54, 1.807) is 0 Å². The van der Waals surface area contributed by atoms with Crippen molar-refractivity contribution in [3.63, 3.8) is 0 Å². The number of rotatable bonds is 6. The quantitative estimate of drug-likeness (QED) is 0.624. The number of para-hydroxylation sites is 1. The highest BCUT2D eigenvalue weighted by molar-refractivity contribution is 5.73. The molecule has 1 saturated heterocycles. The minimum Gasteiger partial charge on any atom is -0.376 e. The molecular formula is C15H17N5O3. The molecule has 1 unspecified atom stereocenters. The molecule has 0 aliphatic carbocycles. The molecule has 0 radical (unpaired) electrons. The Labute approximate surface area is 133 Å². The zero-order chi connectivity index (χ0) is 16.1. The van der Waals surface area contributed by atoms with E-state index in [4.69, 9.17) is 4.74 Å². The maximum atomic E-state index is 11.4. The molecule has 0 spiro atoms. The summed E-state index contributed by atoms with van der Waals surface area (Å²) in [7, 11) is 0. The molecule has 23 heavy (non-hydrogen) atoms. The van der Waals surface area contributed by atoms with E-state index in [0.29, 0.717) is 6.54 Å². The van der Waals surface area contributed by atoms with Crippen LogP contribution in [0.5, 0.6) is 0 Å². The van der Waals surface area contributed by atoms with E-state index in [1.165, 1.54) is 6.33 Å². The molecule has 0 bridgehead atoms. The largest absolute Gasteiger partial charge is 0.376 e. The first kappa shape index (κ1) is 15.2. The van der Waals surface area contributed by atoms with Crippen LogP contribution in [-0.4, -0.2) is 34.1 Å². The van der Waals surface area contributed by atoms with Gasteiger partial charge in [0.15, 0.2) is 0 Å². The molecule has 1 aromatic heterocycles. The second kappa shape index (κ2) is 7.01. The fraction of sp³-hybridized carbons (Fsp3) is 0.333. The van der Waals surface area contributed by atoms with E-state index in [9.17, 15) is 10.1 Å². The highest BCUT2D eigenvalue weighted by Crippen LogP contribution is 2.31. The molecule has 1 aliphatic rings. The number of nitrogens with zero attached hydrogens (tertiary/aromatic N) is 3. The smallest absolute Gasteiger partial charge is 0.353 e. The Balaban J connectivity index is 1.81. The molecule has 1 aliphatic heterocycles. The predicted molar refractivity (Wildman–Crippen MR) is 85.9 cm³/mol. The minimum absolute atomic E-state index is 0.0649. The molecule has 3 rings (SSSR count). The van der Waals surface area contributed by atoms with Gasteiger partial charge in [0.1, 0.15) is 6.33 Å². The van der Waals surface area contributed by atoms with Gasteiger partial charge in [-0.3, -0.25) is 10.1 Å². The standard InChI is InChI=1S/C15H17N5O3/c21-20(22)13-14(16-9-12-7-4-8-23-12)17-10-18-15(13)19-11-5-2-1-3-6-11/h1-3,5-6,10,12H,4,7-9H2,(H2,16,17,18,19). The second-order valence-electron chi connectivity index (χ2n) is 5.18. The molecule has 0 saturated carbocycles. The number of ether oxygens (including phenoxy) is 1. The first-order valence-electron chi connectivity index (χ1n) is 7.41. The van der Waals surface area contributed by atoms with Crippen LogP contribution in [0.1, 0.15) is 12.8 Å². The summed E-state index contributed by atoms with van der Waals surface area (Å²) in [6, 6.07) is 9.17. The van der Waals surface area contributed by atoms with Crippen LogP contribution in [0, 0.1) is 10.1 Å². The van der Waals surface area contributed by atoms with Crippen LogP contribution in [0.25, 0.3) is 0 Å². The summed E-state index contributed by atoms with van der Waals surface area (Å²) >= 11 is 0. The van der Waals surface area contributed by atoms with Crippen molar-refractivity contribution in [3.8, 4) is 0 Å². The normalized spacial score (nSPS) is 17.0. The lowest BCUT2D eigenvalue weighted by atomic mass is 10.2. The number of nitrogens with one attached hydrogen (secondary N) is 2. The summed E-state index contributed by atoms with van der Waals surface area (Å²) in [5.41, 5.74) is 0.550. The summed E-state index contributed by atoms with van der Waals surface area (Å²) in [6.07, 6.45) is 3.32. The highest BCUT2D eigenvalue weighted by Gasteiger charge is 2.24. The van der Waals surface area contributed by atoms with Crippen LogP contribution in [-0.2, 0) is 4.74 Å². The van der Waals surface area contributed by atoms with Crippen molar-refractivity contribution in [2.24, 2.45) is 0 Å². The first-order chi connectivity index (χ1) is 11.2. The molecule has 8 nitrogen and oxygen atoms in total. The number of hydrogen-bond donors (Lipinski definition) is 2. The van der Waals surface area contributed by atoms with Crippen molar-refractivity contribution < 1.29 is 9.66 Å². The molecule has 1 aromatic carbocycles. The Bertz CT molecular complexity index is 674. The van der Waals surface area contributed by atoms with Crippen LogP contribution in [0.2, 0.25) is 0 Å². The van der Waals surface area contributed by atoms with Crippen LogP contribution >= 0.6 is 0 Å². The maximum absolute atomic E-state index is 11.4. The van der Waals surface area contributed by atoms with Crippen molar-refractivity contribution >= 4 is 23.0 Å². The maximum Gasteiger partial charge on any atom is 0.353 e. The van der Waals surface area contributed by atoms with Crippen molar-refractivity contribution in [1.29, 1.82) is 0 Å². The lowest BCUT2D eigenvalue weighted by Gasteiger charge is -2.12. The van der Waals surface area contributed by atoms with Gasteiger partial charge in [-0.25, -0.2) is 9.97 Å². The third kappa shape index (κ3) is 3.72. The Morgan fingerprint density at radius 1 is 1.26 bits per heavy atom. The van der Waals surface area contributed by atoms with Gasteiger partial charge in [-0.1, -0.05) is 18.2 Å². The SMILES string of the molecule is O=[N+]([O-])c1c(NCC2CCCO2)ncnc1Nc1ccccc1. The van der Waals surface area contributed by atoms with Crippen molar-refractivity contribution in [1.82, 2.24) is 9.97 Å². The van der Waals surface area contributed by atoms with E-state index < -0.39 is 4.92 Å². The summed E-state index contributed by atoms with van der Waals surface area (Å²) in [5, 5.41) is 17.4. The molecule has 0 amide bonds. The Morgan fingerprint density at radius 3 is 2.74 bits per heavy atom. The number of hydrogen-bond acceptors (Lipinski definition) is 7. The van der Waals surface area contributed by atoms with E-state index in [2.05, 4.69) is 20.6 Å². The molecule has 120 valence electrons. The third-order valence-electron chi connectivity index (χ3n) is 3.56. The van der Waals surface area contributed by atoms with Gasteiger partial charge >= 0.3 is 5.69 Å². The average molecular weight is 315 g/mol. The Kier molecular flexibility index (Phi) is 4.62. The zero-order valence-corrected chi connectivity index (χ0v) is 12.4. The summed E-state index contributed by atoms with van der Waals surface area (Å²) < 4.78 is 5.51. The lowest BCUT2D eigenvalue weighted by molar-refractivity contribution is -0.383. The number of nitro groups is 1. The van der Waals surface area contributed by atoms with Crippen molar-refractivity contribution in [2.45, 2.75) is 18.9 Å².